The molecule has 1 N–H and O–H groups in total. The van der Waals surface area contributed by atoms with E-state index in [2.05, 4.69) is 24.8 Å². The van der Waals surface area contributed by atoms with Crippen LogP contribution >= 0.6 is 0 Å². The Morgan fingerprint density at radius 3 is 2.26 bits per heavy atom. The minimum Gasteiger partial charge on any atom is -0.507 e. The van der Waals surface area contributed by atoms with Crippen LogP contribution in [0, 0.1) is 20.8 Å². The molecule has 2 aromatic carbocycles. The number of phenolic OH excluding ortho intramolecular Hbond substituents is 1. The molecular weight excluding hydrogens is 232 g/mol. The van der Waals surface area contributed by atoms with E-state index >= 15 is 0 Å². The molecule has 0 aliphatic rings. The molecule has 0 saturated heterocycles. The Balaban J connectivity index is 2.63. The highest BCUT2D eigenvalue weighted by molar-refractivity contribution is 5.54. The topological polar surface area (TPSA) is 20.2 Å². The third kappa shape index (κ3) is 2.41. The number of allylic oxidation sites excluding steroid dienone is 1. The summed E-state index contributed by atoms with van der Waals surface area (Å²) >= 11 is 0. The molecule has 0 fully saturated rings. The number of aryl methyl sites for hydroxylation is 2. The van der Waals surface area contributed by atoms with Crippen molar-refractivity contribution in [3.05, 3.63) is 76.9 Å². The Morgan fingerprint density at radius 1 is 1.05 bits per heavy atom. The molecule has 2 rings (SSSR count). The van der Waals surface area contributed by atoms with E-state index < -0.39 is 0 Å². The molecule has 2 aromatic rings. The van der Waals surface area contributed by atoms with Crippen LogP contribution in [-0.2, 0) is 0 Å². The third-order valence-corrected chi connectivity index (χ3v) is 3.77. The number of benzene rings is 2. The van der Waals surface area contributed by atoms with Gasteiger partial charge in [-0.2, -0.15) is 0 Å². The van der Waals surface area contributed by atoms with Crippen molar-refractivity contribution in [2.24, 2.45) is 0 Å². The van der Waals surface area contributed by atoms with Gasteiger partial charge in [-0.25, -0.2) is 0 Å². The van der Waals surface area contributed by atoms with Crippen molar-refractivity contribution in [3.63, 3.8) is 0 Å². The zero-order valence-electron chi connectivity index (χ0n) is 11.8. The molecule has 1 atom stereocenters. The lowest BCUT2D eigenvalue weighted by Crippen LogP contribution is -2.02. The first kappa shape index (κ1) is 13.4. The van der Waals surface area contributed by atoms with Gasteiger partial charge in [0.25, 0.3) is 0 Å². The third-order valence-electron chi connectivity index (χ3n) is 3.77. The van der Waals surface area contributed by atoms with Gasteiger partial charge in [-0.3, -0.25) is 0 Å². The van der Waals surface area contributed by atoms with Crippen molar-refractivity contribution in [1.82, 2.24) is 0 Å². The van der Waals surface area contributed by atoms with Crippen LogP contribution in [0.1, 0.15) is 33.7 Å². The number of hydrogen-bond donors (Lipinski definition) is 1. The second kappa shape index (κ2) is 5.31. The minimum atomic E-state index is 0.0282. The van der Waals surface area contributed by atoms with E-state index in [1.54, 1.807) is 0 Å². The van der Waals surface area contributed by atoms with Crippen molar-refractivity contribution < 1.29 is 5.11 Å². The normalized spacial score (nSPS) is 12.2. The molecule has 1 heteroatoms. The van der Waals surface area contributed by atoms with Crippen molar-refractivity contribution in [2.45, 2.75) is 26.7 Å². The molecule has 0 bridgehead atoms. The average molecular weight is 252 g/mol. The van der Waals surface area contributed by atoms with Gasteiger partial charge in [0.1, 0.15) is 5.75 Å². The molecule has 1 unspecified atom stereocenters. The lowest BCUT2D eigenvalue weighted by Gasteiger charge is -2.20. The lowest BCUT2D eigenvalue weighted by atomic mass is 9.85. The van der Waals surface area contributed by atoms with Gasteiger partial charge in [0.15, 0.2) is 0 Å². The highest BCUT2D eigenvalue weighted by atomic mass is 16.3. The first-order chi connectivity index (χ1) is 9.06. The van der Waals surface area contributed by atoms with Crippen LogP contribution in [0.2, 0.25) is 0 Å². The Labute approximate surface area is 115 Å². The predicted molar refractivity (Wildman–Crippen MR) is 80.8 cm³/mol. The number of phenols is 1. The van der Waals surface area contributed by atoms with Gasteiger partial charge in [0, 0.05) is 11.5 Å². The second-order valence-electron chi connectivity index (χ2n) is 5.02. The Bertz CT molecular complexity index is 597. The van der Waals surface area contributed by atoms with E-state index in [0.29, 0.717) is 5.75 Å². The summed E-state index contributed by atoms with van der Waals surface area (Å²) in [4.78, 5) is 0. The molecule has 0 saturated carbocycles. The SMILES string of the molecule is C=CC(c1ccccc1)c1c(C)cc(C)c(C)c1O. The Hall–Kier alpha value is -2.02. The Morgan fingerprint density at radius 2 is 1.68 bits per heavy atom. The summed E-state index contributed by atoms with van der Waals surface area (Å²) in [6, 6.07) is 12.3. The predicted octanol–water partition coefficient (Wildman–Crippen LogP) is 4.64. The maximum Gasteiger partial charge on any atom is 0.123 e. The molecule has 0 aromatic heterocycles. The molecule has 0 radical (unpaired) electrons. The van der Waals surface area contributed by atoms with Crippen LogP contribution in [0.5, 0.6) is 5.75 Å². The van der Waals surface area contributed by atoms with Crippen molar-refractivity contribution >= 4 is 0 Å². The largest absolute Gasteiger partial charge is 0.507 e. The molecule has 1 nitrogen and oxygen atoms in total. The molecular formula is C18H20O. The first-order valence-corrected chi connectivity index (χ1v) is 6.53. The smallest absolute Gasteiger partial charge is 0.123 e. The van der Waals surface area contributed by atoms with E-state index in [1.807, 2.05) is 45.0 Å². The average Bonchev–Trinajstić information content (AvgIpc) is 2.42. The molecule has 0 aliphatic heterocycles. The van der Waals surface area contributed by atoms with E-state index in [9.17, 15) is 5.11 Å². The lowest BCUT2D eigenvalue weighted by molar-refractivity contribution is 0.462. The van der Waals surface area contributed by atoms with Crippen LogP contribution in [0.4, 0.5) is 0 Å². The highest BCUT2D eigenvalue weighted by Gasteiger charge is 2.19. The fraction of sp³-hybridized carbons (Fsp3) is 0.222. The van der Waals surface area contributed by atoms with Crippen molar-refractivity contribution in [1.29, 1.82) is 0 Å². The minimum absolute atomic E-state index is 0.0282. The van der Waals surface area contributed by atoms with Crippen LogP contribution in [0.15, 0.2) is 49.1 Å². The summed E-state index contributed by atoms with van der Waals surface area (Å²) in [7, 11) is 0. The second-order valence-corrected chi connectivity index (χ2v) is 5.02. The zero-order valence-corrected chi connectivity index (χ0v) is 11.8. The first-order valence-electron chi connectivity index (χ1n) is 6.53. The van der Waals surface area contributed by atoms with E-state index in [-0.39, 0.29) is 5.92 Å². The standard InChI is InChI=1S/C18H20O/c1-5-16(15-9-7-6-8-10-15)17-13(3)11-12(2)14(4)18(17)19/h5-11,16,19H,1H2,2-4H3. The maximum absolute atomic E-state index is 10.5. The summed E-state index contributed by atoms with van der Waals surface area (Å²) in [6.07, 6.45) is 1.90. The fourth-order valence-electron chi connectivity index (χ4n) is 2.56. The highest BCUT2D eigenvalue weighted by Crippen LogP contribution is 2.37. The molecule has 0 heterocycles. The van der Waals surface area contributed by atoms with Gasteiger partial charge in [-0.05, 0) is 43.0 Å². The summed E-state index contributed by atoms with van der Waals surface area (Å²) in [5, 5.41) is 10.5. The quantitative estimate of drug-likeness (QED) is 0.789. The summed E-state index contributed by atoms with van der Waals surface area (Å²) < 4.78 is 0. The van der Waals surface area contributed by atoms with Gasteiger partial charge in [0.05, 0.1) is 0 Å². The van der Waals surface area contributed by atoms with Crippen LogP contribution < -0.4 is 0 Å². The summed E-state index contributed by atoms with van der Waals surface area (Å²) in [5.41, 5.74) is 5.29. The van der Waals surface area contributed by atoms with Crippen molar-refractivity contribution in [2.75, 3.05) is 0 Å². The molecule has 0 aliphatic carbocycles. The van der Waals surface area contributed by atoms with Gasteiger partial charge >= 0.3 is 0 Å². The van der Waals surface area contributed by atoms with E-state index in [0.717, 1.165) is 27.8 Å². The molecule has 19 heavy (non-hydrogen) atoms. The van der Waals surface area contributed by atoms with Crippen LogP contribution in [0.3, 0.4) is 0 Å². The monoisotopic (exact) mass is 252 g/mol. The maximum atomic E-state index is 10.5. The van der Waals surface area contributed by atoms with Gasteiger partial charge in [-0.15, -0.1) is 6.58 Å². The van der Waals surface area contributed by atoms with Gasteiger partial charge < -0.3 is 5.11 Å². The number of aromatic hydroxyl groups is 1. The summed E-state index contributed by atoms with van der Waals surface area (Å²) in [6.45, 7) is 9.96. The van der Waals surface area contributed by atoms with Crippen LogP contribution in [0.25, 0.3) is 0 Å². The van der Waals surface area contributed by atoms with Gasteiger partial charge in [0.2, 0.25) is 0 Å². The molecule has 0 amide bonds. The van der Waals surface area contributed by atoms with Gasteiger partial charge in [-0.1, -0.05) is 42.5 Å². The summed E-state index contributed by atoms with van der Waals surface area (Å²) in [5.74, 6) is 0.423. The zero-order chi connectivity index (χ0) is 14.0. The van der Waals surface area contributed by atoms with Crippen LogP contribution in [-0.4, -0.2) is 5.11 Å². The fourth-order valence-corrected chi connectivity index (χ4v) is 2.56. The Kier molecular flexibility index (Phi) is 3.75. The number of rotatable bonds is 3. The number of hydrogen-bond acceptors (Lipinski definition) is 1. The van der Waals surface area contributed by atoms with E-state index in [1.165, 1.54) is 0 Å². The molecule has 98 valence electrons. The van der Waals surface area contributed by atoms with E-state index in [4.69, 9.17) is 0 Å². The van der Waals surface area contributed by atoms with Crippen molar-refractivity contribution in [3.8, 4) is 5.75 Å². The molecule has 0 spiro atoms.